The second-order valence-corrected chi connectivity index (χ2v) is 15.0. The van der Waals surface area contributed by atoms with E-state index in [1.165, 1.54) is 29.2 Å². The van der Waals surface area contributed by atoms with E-state index < -0.39 is 23.0 Å². The van der Waals surface area contributed by atoms with Crippen LogP contribution in [0.4, 0.5) is 10.7 Å². The van der Waals surface area contributed by atoms with Crippen molar-refractivity contribution < 1.29 is 23.9 Å². The highest BCUT2D eigenvalue weighted by Gasteiger charge is 2.30. The monoisotopic (exact) mass is 749 g/mol. The van der Waals surface area contributed by atoms with Gasteiger partial charge in [-0.25, -0.2) is 4.79 Å². The van der Waals surface area contributed by atoms with Gasteiger partial charge < -0.3 is 20.7 Å². The van der Waals surface area contributed by atoms with Gasteiger partial charge in [0, 0.05) is 36.6 Å². The molecule has 12 heteroatoms. The standard InChI is InChI=1S/C38H37Cl2N3O5S2/c1-4-31(36(46)43-37-33(38(47)48-5-2)26-18-17-22(3)19-32(26)50-37)49-25-14-9-13-24(20-25)41-35(45)30(21-27-28(39)15-10-16-29(27)40)42-34(44)23-11-7-6-8-12-23/h6-16,20-22,31H,4-5,17-19H2,1-3H3,(H,41,45)(H,42,44)(H,43,46)/b30-21+. The van der Waals surface area contributed by atoms with E-state index in [-0.39, 0.29) is 18.2 Å². The van der Waals surface area contributed by atoms with E-state index in [4.69, 9.17) is 27.9 Å². The summed E-state index contributed by atoms with van der Waals surface area (Å²) in [6.45, 7) is 6.13. The fraction of sp³-hybridized carbons (Fsp3) is 0.263. The molecular weight excluding hydrogens is 713 g/mol. The van der Waals surface area contributed by atoms with Gasteiger partial charge in [0.05, 0.1) is 17.4 Å². The summed E-state index contributed by atoms with van der Waals surface area (Å²) in [6.07, 6.45) is 4.57. The number of amides is 3. The normalized spacial score (nSPS) is 14.7. The summed E-state index contributed by atoms with van der Waals surface area (Å²) < 4.78 is 5.37. The van der Waals surface area contributed by atoms with Crippen molar-refractivity contribution in [3.05, 3.63) is 116 Å². The summed E-state index contributed by atoms with van der Waals surface area (Å²) in [6, 6.07) is 20.6. The van der Waals surface area contributed by atoms with Crippen LogP contribution in [0.2, 0.25) is 10.0 Å². The molecule has 0 saturated heterocycles. The van der Waals surface area contributed by atoms with Crippen LogP contribution in [0.1, 0.15) is 70.3 Å². The fourth-order valence-electron chi connectivity index (χ4n) is 5.52. The Kier molecular flexibility index (Phi) is 12.8. The molecule has 8 nitrogen and oxygen atoms in total. The average Bonchev–Trinajstić information content (AvgIpc) is 3.45. The van der Waals surface area contributed by atoms with Crippen molar-refractivity contribution in [1.29, 1.82) is 0 Å². The van der Waals surface area contributed by atoms with E-state index in [9.17, 15) is 19.2 Å². The number of hydrogen-bond acceptors (Lipinski definition) is 7. The quantitative estimate of drug-likeness (QED) is 0.0756. The number of thioether (sulfide) groups is 1. The predicted octanol–water partition coefficient (Wildman–Crippen LogP) is 9.28. The smallest absolute Gasteiger partial charge is 0.341 e. The highest BCUT2D eigenvalue weighted by molar-refractivity contribution is 8.00. The predicted molar refractivity (Wildman–Crippen MR) is 203 cm³/mol. The minimum absolute atomic E-state index is 0.0665. The molecule has 3 aromatic carbocycles. The lowest BCUT2D eigenvalue weighted by Crippen LogP contribution is -2.30. The number of halogens is 2. The molecule has 5 rings (SSSR count). The molecule has 1 aliphatic carbocycles. The van der Waals surface area contributed by atoms with E-state index in [0.717, 1.165) is 34.6 Å². The number of esters is 1. The van der Waals surface area contributed by atoms with Gasteiger partial charge in [-0.3, -0.25) is 14.4 Å². The summed E-state index contributed by atoms with van der Waals surface area (Å²) >= 11 is 15.6. The third-order valence-corrected chi connectivity index (χ3v) is 11.3. The maximum atomic E-state index is 13.7. The maximum absolute atomic E-state index is 13.7. The zero-order valence-corrected chi connectivity index (χ0v) is 31.0. The van der Waals surface area contributed by atoms with Gasteiger partial charge in [0.25, 0.3) is 11.8 Å². The molecule has 0 spiro atoms. The van der Waals surface area contributed by atoms with Crippen molar-refractivity contribution in [3.8, 4) is 0 Å². The molecule has 4 aromatic rings. The Balaban J connectivity index is 1.34. The van der Waals surface area contributed by atoms with Crippen molar-refractivity contribution in [2.75, 3.05) is 17.2 Å². The Morgan fingerprint density at radius 3 is 2.40 bits per heavy atom. The number of benzene rings is 3. The molecule has 0 bridgehead atoms. The number of fused-ring (bicyclic) bond motifs is 1. The number of thiophene rings is 1. The number of hydrogen-bond donors (Lipinski definition) is 3. The molecular formula is C38H37Cl2N3O5S2. The van der Waals surface area contributed by atoms with Crippen LogP contribution in [-0.4, -0.2) is 35.5 Å². The summed E-state index contributed by atoms with van der Waals surface area (Å²) in [5, 5.41) is 9.25. The van der Waals surface area contributed by atoms with Crippen LogP contribution in [-0.2, 0) is 27.2 Å². The van der Waals surface area contributed by atoms with Crippen LogP contribution in [0.3, 0.4) is 0 Å². The van der Waals surface area contributed by atoms with Gasteiger partial charge in [-0.1, -0.05) is 67.4 Å². The minimum Gasteiger partial charge on any atom is -0.462 e. The van der Waals surface area contributed by atoms with Gasteiger partial charge in [-0.2, -0.15) is 0 Å². The molecule has 2 unspecified atom stereocenters. The first kappa shape index (κ1) is 37.2. The van der Waals surface area contributed by atoms with Gasteiger partial charge in [0.1, 0.15) is 10.7 Å². The summed E-state index contributed by atoms with van der Waals surface area (Å²) in [7, 11) is 0. The first-order valence-electron chi connectivity index (χ1n) is 16.3. The van der Waals surface area contributed by atoms with Gasteiger partial charge in [0.2, 0.25) is 5.91 Å². The Bertz CT molecular complexity index is 1910. The zero-order valence-electron chi connectivity index (χ0n) is 27.8. The number of carbonyl (C=O) groups is 4. The fourth-order valence-corrected chi connectivity index (χ4v) is 8.44. The average molecular weight is 751 g/mol. The van der Waals surface area contributed by atoms with E-state index in [0.29, 0.717) is 49.8 Å². The summed E-state index contributed by atoms with van der Waals surface area (Å²) in [4.78, 5) is 55.2. The molecule has 260 valence electrons. The SMILES string of the molecule is CCOC(=O)c1c(NC(=O)C(CC)Sc2cccc(NC(=O)/C(=C\c3c(Cl)cccc3Cl)NC(=O)c3ccccc3)c2)sc2c1CCC(C)C2. The molecule has 0 saturated carbocycles. The van der Waals surface area contributed by atoms with Gasteiger partial charge in [0.15, 0.2) is 0 Å². The molecule has 0 fully saturated rings. The number of rotatable bonds is 12. The van der Waals surface area contributed by atoms with Crippen molar-refractivity contribution in [2.45, 2.75) is 56.6 Å². The van der Waals surface area contributed by atoms with Crippen molar-refractivity contribution in [3.63, 3.8) is 0 Å². The van der Waals surface area contributed by atoms with Crippen molar-refractivity contribution in [1.82, 2.24) is 5.32 Å². The van der Waals surface area contributed by atoms with Crippen molar-refractivity contribution >= 4 is 86.8 Å². The Hall–Kier alpha value is -4.09. The number of ether oxygens (including phenoxy) is 1. The topological polar surface area (TPSA) is 114 Å². The van der Waals surface area contributed by atoms with E-state index in [1.807, 2.05) is 13.0 Å². The molecule has 0 radical (unpaired) electrons. The molecule has 1 aliphatic rings. The Morgan fingerprint density at radius 1 is 0.980 bits per heavy atom. The van der Waals surface area contributed by atoms with Crippen molar-refractivity contribution in [2.24, 2.45) is 5.92 Å². The molecule has 2 atom stereocenters. The lowest BCUT2D eigenvalue weighted by atomic mass is 9.88. The highest BCUT2D eigenvalue weighted by atomic mass is 35.5. The second kappa shape index (κ2) is 17.2. The number of nitrogens with one attached hydrogen (secondary N) is 3. The number of anilines is 2. The molecule has 1 heterocycles. The van der Waals surface area contributed by atoms with Crippen LogP contribution in [0, 0.1) is 5.92 Å². The lowest BCUT2D eigenvalue weighted by Gasteiger charge is -2.18. The largest absolute Gasteiger partial charge is 0.462 e. The van der Waals surface area contributed by atoms with Crippen LogP contribution < -0.4 is 16.0 Å². The molecule has 1 aromatic heterocycles. The van der Waals surface area contributed by atoms with Crippen LogP contribution in [0.5, 0.6) is 0 Å². The third kappa shape index (κ3) is 9.17. The Labute approximate surface area is 310 Å². The lowest BCUT2D eigenvalue weighted by molar-refractivity contribution is -0.116. The first-order valence-corrected chi connectivity index (χ1v) is 18.8. The Morgan fingerprint density at radius 2 is 1.70 bits per heavy atom. The van der Waals surface area contributed by atoms with Gasteiger partial charge in [-0.15, -0.1) is 23.1 Å². The first-order chi connectivity index (χ1) is 24.1. The molecule has 50 heavy (non-hydrogen) atoms. The molecule has 3 amide bonds. The number of carbonyl (C=O) groups excluding carboxylic acids is 4. The summed E-state index contributed by atoms with van der Waals surface area (Å²) in [5.41, 5.74) is 2.58. The highest BCUT2D eigenvalue weighted by Crippen LogP contribution is 2.41. The maximum Gasteiger partial charge on any atom is 0.341 e. The molecule has 0 aliphatic heterocycles. The van der Waals surface area contributed by atoms with Crippen LogP contribution in [0.25, 0.3) is 6.08 Å². The molecule has 3 N–H and O–H groups in total. The van der Waals surface area contributed by atoms with Crippen LogP contribution >= 0.6 is 46.3 Å². The van der Waals surface area contributed by atoms with E-state index in [2.05, 4.69) is 22.9 Å². The third-order valence-electron chi connectivity index (χ3n) is 8.08. The van der Waals surface area contributed by atoms with Gasteiger partial charge in [-0.05, 0) is 92.6 Å². The summed E-state index contributed by atoms with van der Waals surface area (Å²) in [5.74, 6) is -1.21. The minimum atomic E-state index is -0.598. The van der Waals surface area contributed by atoms with E-state index in [1.54, 1.807) is 73.7 Å². The zero-order chi connectivity index (χ0) is 35.8. The second-order valence-electron chi connectivity index (χ2n) is 11.8. The van der Waals surface area contributed by atoms with Crippen LogP contribution in [0.15, 0.2) is 83.4 Å². The van der Waals surface area contributed by atoms with Gasteiger partial charge >= 0.3 is 5.97 Å². The van der Waals surface area contributed by atoms with E-state index >= 15 is 0 Å².